The van der Waals surface area contributed by atoms with E-state index >= 15 is 0 Å². The molecule has 1 saturated heterocycles. The molecule has 0 radical (unpaired) electrons. The number of hydrogen-bond donors (Lipinski definition) is 1. The molecule has 2 rings (SSSR count). The van der Waals surface area contributed by atoms with E-state index in [1.165, 1.54) is 32.1 Å². The second-order valence-electron chi connectivity index (χ2n) is 7.57. The minimum Gasteiger partial charge on any atom is -0.481 e. The molecule has 1 heterocycles. The van der Waals surface area contributed by atoms with E-state index < -0.39 is 11.4 Å². The number of likely N-dealkylation sites (tertiary alicyclic amines) is 1. The summed E-state index contributed by atoms with van der Waals surface area (Å²) in [5, 5.41) is 9.32. The Labute approximate surface area is 123 Å². The van der Waals surface area contributed by atoms with Gasteiger partial charge in [0.05, 0.1) is 5.41 Å². The van der Waals surface area contributed by atoms with Crippen molar-refractivity contribution in [3.63, 3.8) is 0 Å². The van der Waals surface area contributed by atoms with Crippen molar-refractivity contribution in [2.45, 2.75) is 71.8 Å². The Hall–Kier alpha value is -0.570. The fourth-order valence-corrected chi connectivity index (χ4v) is 3.94. The molecule has 0 aromatic heterocycles. The predicted octanol–water partition coefficient (Wildman–Crippen LogP) is 3.78. The molecular formula is C17H31NO2. The van der Waals surface area contributed by atoms with Crippen LogP contribution in [0.4, 0.5) is 0 Å². The molecule has 3 nitrogen and oxygen atoms in total. The molecule has 2 aliphatic rings. The molecule has 2 unspecified atom stereocenters. The third-order valence-electron chi connectivity index (χ3n) is 5.86. The van der Waals surface area contributed by atoms with Gasteiger partial charge >= 0.3 is 5.97 Å². The number of nitrogens with zero attached hydrogens (tertiary/aromatic N) is 1. The van der Waals surface area contributed by atoms with Crippen LogP contribution in [0.25, 0.3) is 0 Å². The van der Waals surface area contributed by atoms with Gasteiger partial charge in [0.25, 0.3) is 0 Å². The molecular weight excluding hydrogens is 250 g/mol. The zero-order valence-electron chi connectivity index (χ0n) is 13.4. The average molecular weight is 281 g/mol. The van der Waals surface area contributed by atoms with Gasteiger partial charge in [0.2, 0.25) is 0 Å². The van der Waals surface area contributed by atoms with Gasteiger partial charge in [-0.15, -0.1) is 0 Å². The van der Waals surface area contributed by atoms with Crippen LogP contribution >= 0.6 is 0 Å². The van der Waals surface area contributed by atoms with Crippen molar-refractivity contribution in [1.29, 1.82) is 0 Å². The predicted molar refractivity (Wildman–Crippen MR) is 81.8 cm³/mol. The van der Waals surface area contributed by atoms with Crippen LogP contribution in [0.5, 0.6) is 0 Å². The third-order valence-corrected chi connectivity index (χ3v) is 5.86. The zero-order valence-corrected chi connectivity index (χ0v) is 13.4. The number of carboxylic acids is 1. The van der Waals surface area contributed by atoms with Crippen LogP contribution < -0.4 is 0 Å². The van der Waals surface area contributed by atoms with Crippen molar-refractivity contribution in [2.24, 2.45) is 17.3 Å². The van der Waals surface area contributed by atoms with E-state index in [1.807, 2.05) is 6.92 Å². The Morgan fingerprint density at radius 1 is 1.15 bits per heavy atom. The maximum Gasteiger partial charge on any atom is 0.309 e. The lowest BCUT2D eigenvalue weighted by Crippen LogP contribution is -2.46. The largest absolute Gasteiger partial charge is 0.481 e. The molecule has 0 spiro atoms. The summed E-state index contributed by atoms with van der Waals surface area (Å²) in [6.07, 6.45) is 8.34. The number of piperidine rings is 1. The van der Waals surface area contributed by atoms with Crippen molar-refractivity contribution in [2.75, 3.05) is 13.1 Å². The molecule has 116 valence electrons. The van der Waals surface area contributed by atoms with Gasteiger partial charge in [-0.05, 0) is 64.0 Å². The number of aliphatic carboxylic acids is 1. The quantitative estimate of drug-likeness (QED) is 0.800. The summed E-state index contributed by atoms with van der Waals surface area (Å²) in [6.45, 7) is 8.56. The van der Waals surface area contributed by atoms with Crippen LogP contribution in [0.15, 0.2) is 0 Å². The SMILES string of the molecule is CC(C)C1CCCC(N2CCC(C)(C(=O)O)CC2)CC1. The second-order valence-corrected chi connectivity index (χ2v) is 7.57. The minimum atomic E-state index is -0.613. The molecule has 1 aliphatic heterocycles. The van der Waals surface area contributed by atoms with Crippen LogP contribution in [0.3, 0.4) is 0 Å². The first-order valence-electron chi connectivity index (χ1n) is 8.40. The van der Waals surface area contributed by atoms with E-state index in [-0.39, 0.29) is 0 Å². The van der Waals surface area contributed by atoms with E-state index in [0.717, 1.165) is 37.8 Å². The van der Waals surface area contributed by atoms with Crippen LogP contribution in [-0.2, 0) is 4.79 Å². The lowest BCUT2D eigenvalue weighted by atomic mass is 9.80. The van der Waals surface area contributed by atoms with E-state index in [4.69, 9.17) is 0 Å². The summed E-state index contributed by atoms with van der Waals surface area (Å²) in [5.41, 5.74) is -0.484. The summed E-state index contributed by atoms with van der Waals surface area (Å²) >= 11 is 0. The monoisotopic (exact) mass is 281 g/mol. The molecule has 1 N–H and O–H groups in total. The highest BCUT2D eigenvalue weighted by molar-refractivity contribution is 5.74. The van der Waals surface area contributed by atoms with Gasteiger partial charge in [-0.2, -0.15) is 0 Å². The number of carbonyl (C=O) groups is 1. The molecule has 0 aromatic rings. The molecule has 2 fully saturated rings. The van der Waals surface area contributed by atoms with Crippen LogP contribution in [0.1, 0.15) is 65.7 Å². The Balaban J connectivity index is 1.86. The van der Waals surface area contributed by atoms with Crippen LogP contribution in [0.2, 0.25) is 0 Å². The second kappa shape index (κ2) is 6.46. The summed E-state index contributed by atoms with van der Waals surface area (Å²) in [7, 11) is 0. The first kappa shape index (κ1) is 15.8. The van der Waals surface area contributed by atoms with Gasteiger partial charge in [0, 0.05) is 6.04 Å². The van der Waals surface area contributed by atoms with Crippen LogP contribution in [0, 0.1) is 17.3 Å². The number of hydrogen-bond acceptors (Lipinski definition) is 2. The fraction of sp³-hybridized carbons (Fsp3) is 0.941. The smallest absolute Gasteiger partial charge is 0.309 e. The fourth-order valence-electron chi connectivity index (χ4n) is 3.94. The Morgan fingerprint density at radius 3 is 2.35 bits per heavy atom. The number of rotatable bonds is 3. The molecule has 1 aliphatic carbocycles. The molecule has 0 aromatic carbocycles. The van der Waals surface area contributed by atoms with Gasteiger partial charge in [-0.3, -0.25) is 4.79 Å². The average Bonchev–Trinajstić information content (AvgIpc) is 2.65. The Morgan fingerprint density at radius 2 is 1.80 bits per heavy atom. The van der Waals surface area contributed by atoms with E-state index in [2.05, 4.69) is 18.7 Å². The van der Waals surface area contributed by atoms with Gasteiger partial charge in [-0.25, -0.2) is 0 Å². The Kier molecular flexibility index (Phi) is 5.11. The first-order valence-corrected chi connectivity index (χ1v) is 8.40. The maximum absolute atomic E-state index is 11.3. The summed E-state index contributed by atoms with van der Waals surface area (Å²) in [4.78, 5) is 13.9. The van der Waals surface area contributed by atoms with Crippen molar-refractivity contribution >= 4 is 5.97 Å². The van der Waals surface area contributed by atoms with E-state index in [9.17, 15) is 9.90 Å². The molecule has 0 amide bonds. The highest BCUT2D eigenvalue weighted by Gasteiger charge is 2.38. The minimum absolute atomic E-state index is 0.484. The van der Waals surface area contributed by atoms with Crippen LogP contribution in [-0.4, -0.2) is 35.1 Å². The zero-order chi connectivity index (χ0) is 14.8. The van der Waals surface area contributed by atoms with Gasteiger partial charge < -0.3 is 10.0 Å². The summed E-state index contributed by atoms with van der Waals surface area (Å²) < 4.78 is 0. The first-order chi connectivity index (χ1) is 9.42. The third kappa shape index (κ3) is 3.55. The van der Waals surface area contributed by atoms with Gasteiger partial charge in [0.15, 0.2) is 0 Å². The molecule has 1 saturated carbocycles. The normalized spacial score (nSPS) is 32.0. The summed E-state index contributed by atoms with van der Waals surface area (Å²) in [6, 6.07) is 0.706. The number of carboxylic acid groups (broad SMARTS) is 1. The summed E-state index contributed by atoms with van der Waals surface area (Å²) in [5.74, 6) is 1.09. The molecule has 20 heavy (non-hydrogen) atoms. The van der Waals surface area contributed by atoms with Crippen molar-refractivity contribution in [3.05, 3.63) is 0 Å². The highest BCUT2D eigenvalue weighted by atomic mass is 16.4. The lowest BCUT2D eigenvalue weighted by molar-refractivity contribution is -0.151. The van der Waals surface area contributed by atoms with Crippen molar-refractivity contribution in [1.82, 2.24) is 4.90 Å². The van der Waals surface area contributed by atoms with E-state index in [0.29, 0.717) is 6.04 Å². The molecule has 2 atom stereocenters. The van der Waals surface area contributed by atoms with Crippen molar-refractivity contribution in [3.8, 4) is 0 Å². The van der Waals surface area contributed by atoms with Gasteiger partial charge in [-0.1, -0.05) is 26.7 Å². The topological polar surface area (TPSA) is 40.5 Å². The maximum atomic E-state index is 11.3. The lowest BCUT2D eigenvalue weighted by Gasteiger charge is -2.40. The highest BCUT2D eigenvalue weighted by Crippen LogP contribution is 2.36. The molecule has 0 bridgehead atoms. The Bertz CT molecular complexity index is 332. The van der Waals surface area contributed by atoms with E-state index in [1.54, 1.807) is 0 Å². The standard InChI is InChI=1S/C17H31NO2/c1-13(2)14-5-4-6-15(8-7-14)18-11-9-17(3,10-12-18)16(19)20/h13-15H,4-12H2,1-3H3,(H,19,20). The molecule has 3 heteroatoms. The van der Waals surface area contributed by atoms with Crippen molar-refractivity contribution < 1.29 is 9.90 Å². The van der Waals surface area contributed by atoms with Gasteiger partial charge in [0.1, 0.15) is 0 Å².